The molecule has 1 aliphatic carbocycles. The molecule has 0 aliphatic heterocycles. The molecule has 8 heteroatoms. The number of rotatable bonds is 6. The van der Waals surface area contributed by atoms with Crippen molar-refractivity contribution in [3.8, 4) is 0 Å². The minimum Gasteiger partial charge on any atom is -0.481 e. The van der Waals surface area contributed by atoms with E-state index in [0.717, 1.165) is 12.8 Å². The molecule has 0 radical (unpaired) electrons. The molecule has 8 nitrogen and oxygen atoms in total. The zero-order valence-electron chi connectivity index (χ0n) is 10.1. The second-order valence-electron chi connectivity index (χ2n) is 4.52. The quantitative estimate of drug-likeness (QED) is 0.725. The highest BCUT2D eigenvalue weighted by atomic mass is 16.4. The van der Waals surface area contributed by atoms with Crippen LogP contribution in [0, 0.1) is 5.92 Å². The number of hydrogen-bond acceptors (Lipinski definition) is 5. The zero-order chi connectivity index (χ0) is 13.1. The van der Waals surface area contributed by atoms with Gasteiger partial charge in [-0.25, -0.2) is 4.68 Å². The minimum atomic E-state index is -0.893. The first kappa shape index (κ1) is 12.5. The number of aromatic nitrogens is 4. The molecule has 1 heterocycles. The van der Waals surface area contributed by atoms with Crippen LogP contribution in [0.5, 0.6) is 0 Å². The Morgan fingerprint density at radius 3 is 2.78 bits per heavy atom. The van der Waals surface area contributed by atoms with Crippen LogP contribution in [-0.2, 0) is 16.1 Å². The van der Waals surface area contributed by atoms with Crippen molar-refractivity contribution in [3.63, 3.8) is 0 Å². The third-order valence-corrected chi connectivity index (χ3v) is 2.89. The van der Waals surface area contributed by atoms with Crippen molar-refractivity contribution in [3.05, 3.63) is 6.33 Å². The van der Waals surface area contributed by atoms with Crippen LogP contribution in [0.15, 0.2) is 6.33 Å². The van der Waals surface area contributed by atoms with Crippen molar-refractivity contribution < 1.29 is 14.7 Å². The number of carboxylic acid groups (broad SMARTS) is 1. The maximum absolute atomic E-state index is 12.1. The van der Waals surface area contributed by atoms with E-state index >= 15 is 0 Å². The molecule has 2 rings (SSSR count). The summed E-state index contributed by atoms with van der Waals surface area (Å²) in [4.78, 5) is 24.5. The van der Waals surface area contributed by atoms with Gasteiger partial charge in [0.1, 0.15) is 12.9 Å². The van der Waals surface area contributed by atoms with Crippen molar-refractivity contribution in [2.45, 2.75) is 32.4 Å². The number of carbonyl (C=O) groups excluding carboxylic acids is 1. The van der Waals surface area contributed by atoms with Gasteiger partial charge >= 0.3 is 5.97 Å². The Bertz CT molecular complexity index is 429. The van der Waals surface area contributed by atoms with E-state index in [1.165, 1.54) is 11.0 Å². The van der Waals surface area contributed by atoms with Gasteiger partial charge in [0.15, 0.2) is 0 Å². The maximum Gasteiger partial charge on any atom is 0.308 e. The number of tetrazole rings is 1. The summed E-state index contributed by atoms with van der Waals surface area (Å²) in [6.07, 6.45) is 3.24. The van der Waals surface area contributed by atoms with Gasteiger partial charge in [0.25, 0.3) is 0 Å². The van der Waals surface area contributed by atoms with E-state index < -0.39 is 11.9 Å². The smallest absolute Gasteiger partial charge is 0.308 e. The molecule has 1 fully saturated rings. The third kappa shape index (κ3) is 3.02. The predicted octanol–water partition coefficient (Wildman–Crippen LogP) is -0.615. The summed E-state index contributed by atoms with van der Waals surface area (Å²) in [5.41, 5.74) is 0. The fourth-order valence-corrected chi connectivity index (χ4v) is 1.70. The van der Waals surface area contributed by atoms with Crippen LogP contribution in [0.3, 0.4) is 0 Å². The molecule has 0 aromatic carbocycles. The molecule has 0 spiro atoms. The second kappa shape index (κ2) is 5.11. The molecule has 1 aliphatic rings. The molecule has 1 aromatic rings. The highest BCUT2D eigenvalue weighted by Crippen LogP contribution is 2.27. The Kier molecular flexibility index (Phi) is 3.54. The molecule has 1 aromatic heterocycles. The van der Waals surface area contributed by atoms with E-state index in [1.807, 2.05) is 0 Å². The second-order valence-corrected chi connectivity index (χ2v) is 4.52. The number of carboxylic acids is 1. The highest BCUT2D eigenvalue weighted by Gasteiger charge is 2.34. The van der Waals surface area contributed by atoms with Crippen LogP contribution in [-0.4, -0.2) is 54.7 Å². The van der Waals surface area contributed by atoms with Crippen molar-refractivity contribution in [2.75, 3.05) is 6.54 Å². The number of carbonyl (C=O) groups is 2. The summed E-state index contributed by atoms with van der Waals surface area (Å²) in [5, 5.41) is 19.4. The predicted molar refractivity (Wildman–Crippen MR) is 59.4 cm³/mol. The van der Waals surface area contributed by atoms with Gasteiger partial charge in [0, 0.05) is 12.6 Å². The lowest BCUT2D eigenvalue weighted by Crippen LogP contribution is -2.40. The van der Waals surface area contributed by atoms with Crippen molar-refractivity contribution in [1.82, 2.24) is 25.1 Å². The topological polar surface area (TPSA) is 101 Å². The Hall–Kier alpha value is -1.99. The number of amides is 1. The van der Waals surface area contributed by atoms with Crippen molar-refractivity contribution in [2.24, 2.45) is 5.92 Å². The van der Waals surface area contributed by atoms with Gasteiger partial charge in [-0.1, -0.05) is 6.92 Å². The van der Waals surface area contributed by atoms with E-state index in [2.05, 4.69) is 15.5 Å². The Morgan fingerprint density at radius 1 is 1.56 bits per heavy atom. The molecule has 1 N–H and O–H groups in total. The lowest BCUT2D eigenvalue weighted by atomic mass is 10.1. The van der Waals surface area contributed by atoms with Gasteiger partial charge in [0.2, 0.25) is 5.91 Å². The Morgan fingerprint density at radius 2 is 2.28 bits per heavy atom. The zero-order valence-corrected chi connectivity index (χ0v) is 10.1. The average Bonchev–Trinajstić information content (AvgIpc) is 3.03. The van der Waals surface area contributed by atoms with Crippen LogP contribution in [0.1, 0.15) is 19.8 Å². The lowest BCUT2D eigenvalue weighted by Gasteiger charge is -2.24. The number of hydrogen-bond donors (Lipinski definition) is 1. The largest absolute Gasteiger partial charge is 0.481 e. The molecule has 1 amide bonds. The standard InChI is InChI=1S/C10H15N5O3/c1-7(10(17)18)4-15(8-2-3-8)9(16)5-14-6-11-12-13-14/h6-8H,2-5H2,1H3,(H,17,18). The fraction of sp³-hybridized carbons (Fsp3) is 0.700. The monoisotopic (exact) mass is 253 g/mol. The lowest BCUT2D eigenvalue weighted by molar-refractivity contribution is -0.143. The molecule has 0 bridgehead atoms. The van der Waals surface area contributed by atoms with Gasteiger partial charge in [-0.05, 0) is 23.3 Å². The Labute approximate surface area is 104 Å². The van der Waals surface area contributed by atoms with E-state index in [-0.39, 0.29) is 25.0 Å². The van der Waals surface area contributed by atoms with Crippen molar-refractivity contribution >= 4 is 11.9 Å². The van der Waals surface area contributed by atoms with E-state index in [0.29, 0.717) is 0 Å². The van der Waals surface area contributed by atoms with E-state index in [4.69, 9.17) is 5.11 Å². The summed E-state index contributed by atoms with van der Waals surface area (Å²) in [6.45, 7) is 1.89. The molecule has 1 saturated carbocycles. The summed E-state index contributed by atoms with van der Waals surface area (Å²) >= 11 is 0. The molecule has 18 heavy (non-hydrogen) atoms. The van der Waals surface area contributed by atoms with Crippen LogP contribution in [0.25, 0.3) is 0 Å². The summed E-state index contributed by atoms with van der Waals surface area (Å²) in [7, 11) is 0. The number of aliphatic carboxylic acids is 1. The van der Waals surface area contributed by atoms with Gasteiger partial charge in [-0.2, -0.15) is 0 Å². The minimum absolute atomic E-state index is 0.0514. The van der Waals surface area contributed by atoms with E-state index in [1.54, 1.807) is 11.8 Å². The first-order chi connectivity index (χ1) is 8.58. The van der Waals surface area contributed by atoms with Crippen LogP contribution in [0.2, 0.25) is 0 Å². The molecule has 1 atom stereocenters. The highest BCUT2D eigenvalue weighted by molar-refractivity contribution is 5.78. The van der Waals surface area contributed by atoms with Gasteiger partial charge in [-0.15, -0.1) is 5.10 Å². The molecule has 98 valence electrons. The van der Waals surface area contributed by atoms with Crippen LogP contribution < -0.4 is 0 Å². The van der Waals surface area contributed by atoms with Crippen LogP contribution >= 0.6 is 0 Å². The first-order valence-corrected chi connectivity index (χ1v) is 5.81. The fourth-order valence-electron chi connectivity index (χ4n) is 1.70. The van der Waals surface area contributed by atoms with Crippen molar-refractivity contribution in [1.29, 1.82) is 0 Å². The summed E-state index contributed by atoms with van der Waals surface area (Å²) < 4.78 is 1.34. The summed E-state index contributed by atoms with van der Waals surface area (Å²) in [6, 6.07) is 0.177. The molecular formula is C10H15N5O3. The summed E-state index contributed by atoms with van der Waals surface area (Å²) in [5.74, 6) is -1.60. The van der Waals surface area contributed by atoms with Gasteiger partial charge in [0.05, 0.1) is 5.92 Å². The normalized spacial score (nSPS) is 16.3. The molecule has 1 unspecified atom stereocenters. The third-order valence-electron chi connectivity index (χ3n) is 2.89. The first-order valence-electron chi connectivity index (χ1n) is 5.81. The molecule has 0 saturated heterocycles. The van der Waals surface area contributed by atoms with Gasteiger partial charge in [-0.3, -0.25) is 9.59 Å². The SMILES string of the molecule is CC(CN(C(=O)Cn1cnnn1)C1CC1)C(=O)O. The van der Waals surface area contributed by atoms with Crippen LogP contribution in [0.4, 0.5) is 0 Å². The number of nitrogens with zero attached hydrogens (tertiary/aromatic N) is 5. The maximum atomic E-state index is 12.1. The van der Waals surface area contributed by atoms with Gasteiger partial charge < -0.3 is 10.0 Å². The van der Waals surface area contributed by atoms with E-state index in [9.17, 15) is 9.59 Å². The average molecular weight is 253 g/mol. The molecular weight excluding hydrogens is 238 g/mol. The Balaban J connectivity index is 1.96.